The summed E-state index contributed by atoms with van der Waals surface area (Å²) >= 11 is 12.5. The van der Waals surface area contributed by atoms with Crippen LogP contribution in [0.15, 0.2) is 56.3 Å². The molecule has 2 rings (SSSR count). The zero-order chi connectivity index (χ0) is 15.6. The third-order valence-corrected chi connectivity index (χ3v) is 6.38. The molecular formula is C14H12Br2ClNO2S. The molecule has 112 valence electrons. The molecule has 2 aromatic rings. The van der Waals surface area contributed by atoms with Crippen LogP contribution in [0.3, 0.4) is 0 Å². The van der Waals surface area contributed by atoms with E-state index in [0.29, 0.717) is 9.50 Å². The lowest BCUT2D eigenvalue weighted by atomic mass is 10.2. The van der Waals surface area contributed by atoms with Gasteiger partial charge in [-0.15, -0.1) is 0 Å². The first-order valence-electron chi connectivity index (χ1n) is 5.96. The molecule has 0 atom stereocenters. The highest BCUT2D eigenvalue weighted by Gasteiger charge is 2.23. The summed E-state index contributed by atoms with van der Waals surface area (Å²) in [6, 6.07) is 12.1. The first-order valence-corrected chi connectivity index (χ1v) is 9.37. The van der Waals surface area contributed by atoms with Gasteiger partial charge < -0.3 is 0 Å². The van der Waals surface area contributed by atoms with Crippen LogP contribution in [-0.2, 0) is 16.6 Å². The Morgan fingerprint density at radius 3 is 2.48 bits per heavy atom. The van der Waals surface area contributed by atoms with Crippen LogP contribution in [0, 0.1) is 0 Å². The third kappa shape index (κ3) is 4.07. The Hall–Kier alpha value is -0.400. The Labute approximate surface area is 146 Å². The number of hydrogen-bond acceptors (Lipinski definition) is 2. The van der Waals surface area contributed by atoms with Gasteiger partial charge in [-0.25, -0.2) is 8.42 Å². The van der Waals surface area contributed by atoms with Gasteiger partial charge in [-0.05, 0) is 51.8 Å². The van der Waals surface area contributed by atoms with E-state index in [4.69, 9.17) is 11.6 Å². The van der Waals surface area contributed by atoms with Crippen molar-refractivity contribution >= 4 is 53.5 Å². The first-order chi connectivity index (χ1) is 9.80. The molecule has 0 saturated carbocycles. The van der Waals surface area contributed by atoms with Crippen LogP contribution >= 0.6 is 43.5 Å². The van der Waals surface area contributed by atoms with Crippen LogP contribution in [-0.4, -0.2) is 19.8 Å². The zero-order valence-electron chi connectivity index (χ0n) is 11.1. The zero-order valence-corrected chi connectivity index (χ0v) is 15.8. The summed E-state index contributed by atoms with van der Waals surface area (Å²) in [5, 5.41) is 0.586. The largest absolute Gasteiger partial charge is 0.244 e. The predicted octanol–water partition coefficient (Wildman–Crippen LogP) is 4.69. The van der Waals surface area contributed by atoms with E-state index in [1.807, 2.05) is 6.07 Å². The molecule has 2 aromatic carbocycles. The fourth-order valence-corrected chi connectivity index (χ4v) is 4.90. The number of halogens is 3. The Kier molecular flexibility index (Phi) is 5.48. The van der Waals surface area contributed by atoms with Gasteiger partial charge in [-0.3, -0.25) is 0 Å². The molecule has 0 spiro atoms. The number of nitrogens with zero attached hydrogens (tertiary/aromatic N) is 1. The molecule has 0 amide bonds. The molecule has 0 heterocycles. The Bertz CT molecular complexity index is 765. The van der Waals surface area contributed by atoms with Crippen molar-refractivity contribution in [2.75, 3.05) is 7.05 Å². The fourth-order valence-electron chi connectivity index (χ4n) is 1.83. The molecular weight excluding hydrogens is 441 g/mol. The monoisotopic (exact) mass is 451 g/mol. The smallest absolute Gasteiger partial charge is 0.207 e. The topological polar surface area (TPSA) is 37.4 Å². The Morgan fingerprint density at radius 1 is 1.14 bits per heavy atom. The van der Waals surface area contributed by atoms with Crippen molar-refractivity contribution in [1.82, 2.24) is 4.31 Å². The van der Waals surface area contributed by atoms with Crippen molar-refractivity contribution in [1.29, 1.82) is 0 Å². The summed E-state index contributed by atoms with van der Waals surface area (Å²) in [6.07, 6.45) is 0. The minimum absolute atomic E-state index is 0.232. The van der Waals surface area contributed by atoms with Gasteiger partial charge in [0, 0.05) is 27.6 Å². The highest BCUT2D eigenvalue weighted by Crippen LogP contribution is 2.28. The van der Waals surface area contributed by atoms with Crippen LogP contribution < -0.4 is 0 Å². The van der Waals surface area contributed by atoms with Crippen LogP contribution in [0.2, 0.25) is 5.02 Å². The van der Waals surface area contributed by atoms with Crippen LogP contribution in [0.5, 0.6) is 0 Å². The maximum atomic E-state index is 12.6. The van der Waals surface area contributed by atoms with Gasteiger partial charge in [0.15, 0.2) is 0 Å². The second-order valence-corrected chi connectivity index (χ2v) is 8.69. The summed E-state index contributed by atoms with van der Waals surface area (Å²) in [6.45, 7) is 0.255. The van der Waals surface area contributed by atoms with Crippen molar-refractivity contribution in [2.45, 2.75) is 11.4 Å². The predicted molar refractivity (Wildman–Crippen MR) is 91.9 cm³/mol. The number of rotatable bonds is 4. The molecule has 0 unspecified atom stereocenters. The standard InChI is InChI=1S/C14H12Br2ClNO2S/c1-18(9-10-3-2-4-12(17)7-10)21(19,20)14-6-5-11(15)8-13(14)16/h2-8H,9H2,1H3. The van der Waals surface area contributed by atoms with E-state index in [-0.39, 0.29) is 11.4 Å². The summed E-state index contributed by atoms with van der Waals surface area (Å²) in [4.78, 5) is 0.232. The summed E-state index contributed by atoms with van der Waals surface area (Å²) < 4.78 is 27.8. The van der Waals surface area contributed by atoms with Crippen molar-refractivity contribution in [3.63, 3.8) is 0 Å². The van der Waals surface area contributed by atoms with Crippen LogP contribution in [0.25, 0.3) is 0 Å². The molecule has 0 N–H and O–H groups in total. The average Bonchev–Trinajstić information content (AvgIpc) is 2.38. The van der Waals surface area contributed by atoms with Gasteiger partial charge >= 0.3 is 0 Å². The molecule has 0 saturated heterocycles. The molecule has 0 aliphatic heterocycles. The van der Waals surface area contributed by atoms with E-state index >= 15 is 0 Å². The minimum atomic E-state index is -3.57. The van der Waals surface area contributed by atoms with E-state index in [9.17, 15) is 8.42 Å². The molecule has 0 aliphatic carbocycles. The van der Waals surface area contributed by atoms with E-state index in [1.165, 1.54) is 4.31 Å². The number of benzene rings is 2. The minimum Gasteiger partial charge on any atom is -0.207 e. The average molecular weight is 454 g/mol. The molecule has 7 heteroatoms. The lowest BCUT2D eigenvalue weighted by Gasteiger charge is -2.18. The second kappa shape index (κ2) is 6.79. The van der Waals surface area contributed by atoms with Gasteiger partial charge in [0.1, 0.15) is 0 Å². The quantitative estimate of drug-likeness (QED) is 0.674. The Morgan fingerprint density at radius 2 is 1.86 bits per heavy atom. The first kappa shape index (κ1) is 17.0. The van der Waals surface area contributed by atoms with E-state index < -0.39 is 10.0 Å². The van der Waals surface area contributed by atoms with Gasteiger partial charge in [-0.1, -0.05) is 39.7 Å². The molecule has 0 fully saturated rings. The van der Waals surface area contributed by atoms with E-state index in [2.05, 4.69) is 31.9 Å². The van der Waals surface area contributed by atoms with E-state index in [1.54, 1.807) is 43.4 Å². The molecule has 0 bridgehead atoms. The third-order valence-electron chi connectivity index (χ3n) is 2.88. The van der Waals surface area contributed by atoms with Gasteiger partial charge in [0.05, 0.1) is 4.90 Å². The van der Waals surface area contributed by atoms with Gasteiger partial charge in [-0.2, -0.15) is 4.31 Å². The van der Waals surface area contributed by atoms with Crippen LogP contribution in [0.1, 0.15) is 5.56 Å². The number of sulfonamides is 1. The number of hydrogen-bond donors (Lipinski definition) is 0. The maximum Gasteiger partial charge on any atom is 0.244 e. The van der Waals surface area contributed by atoms with Crippen molar-refractivity contribution in [3.05, 3.63) is 62.0 Å². The van der Waals surface area contributed by atoms with Gasteiger partial charge in [0.25, 0.3) is 0 Å². The van der Waals surface area contributed by atoms with Crippen molar-refractivity contribution in [3.8, 4) is 0 Å². The highest BCUT2D eigenvalue weighted by molar-refractivity contribution is 9.11. The maximum absolute atomic E-state index is 12.6. The van der Waals surface area contributed by atoms with Crippen molar-refractivity contribution < 1.29 is 8.42 Å². The summed E-state index contributed by atoms with van der Waals surface area (Å²) in [5.41, 5.74) is 0.835. The second-order valence-electron chi connectivity index (χ2n) is 4.47. The van der Waals surface area contributed by atoms with E-state index in [0.717, 1.165) is 10.0 Å². The molecule has 21 heavy (non-hydrogen) atoms. The molecule has 3 nitrogen and oxygen atoms in total. The molecule has 0 aliphatic rings. The Balaban J connectivity index is 2.30. The SMILES string of the molecule is CN(Cc1cccc(Cl)c1)S(=O)(=O)c1ccc(Br)cc1Br. The summed E-state index contributed by atoms with van der Waals surface area (Å²) in [7, 11) is -2.03. The van der Waals surface area contributed by atoms with Crippen molar-refractivity contribution in [2.24, 2.45) is 0 Å². The molecule has 0 aromatic heterocycles. The summed E-state index contributed by atoms with van der Waals surface area (Å²) in [5.74, 6) is 0. The normalized spacial score (nSPS) is 11.9. The fraction of sp³-hybridized carbons (Fsp3) is 0.143. The lowest BCUT2D eigenvalue weighted by Crippen LogP contribution is -2.26. The lowest BCUT2D eigenvalue weighted by molar-refractivity contribution is 0.466. The molecule has 0 radical (unpaired) electrons. The van der Waals surface area contributed by atoms with Gasteiger partial charge in [0.2, 0.25) is 10.0 Å². The van der Waals surface area contributed by atoms with Crippen LogP contribution in [0.4, 0.5) is 0 Å². The highest BCUT2D eigenvalue weighted by atomic mass is 79.9.